The first-order valence-electron chi connectivity index (χ1n) is 9.78. The highest BCUT2D eigenvalue weighted by molar-refractivity contribution is 6.02. The molecule has 2 unspecified atom stereocenters. The van der Waals surface area contributed by atoms with E-state index in [4.69, 9.17) is 4.74 Å². The van der Waals surface area contributed by atoms with Gasteiger partial charge in [-0.1, -0.05) is 30.3 Å². The number of nitrogens with one attached hydrogen (secondary N) is 1. The van der Waals surface area contributed by atoms with E-state index >= 15 is 0 Å². The van der Waals surface area contributed by atoms with Crippen LogP contribution in [0, 0.1) is 5.82 Å². The van der Waals surface area contributed by atoms with Crippen LogP contribution >= 0.6 is 0 Å². The lowest BCUT2D eigenvalue weighted by Crippen LogP contribution is -2.09. The van der Waals surface area contributed by atoms with Crippen molar-refractivity contribution in [2.45, 2.75) is 32.1 Å². The van der Waals surface area contributed by atoms with Crippen molar-refractivity contribution in [2.75, 3.05) is 5.32 Å². The number of hydrogen-bond donors (Lipinski definition) is 1. The summed E-state index contributed by atoms with van der Waals surface area (Å²) in [7, 11) is 0. The van der Waals surface area contributed by atoms with Crippen LogP contribution in [0.2, 0.25) is 0 Å². The molecule has 2 atom stereocenters. The molecule has 1 N–H and O–H groups in total. The van der Waals surface area contributed by atoms with Crippen LogP contribution in [0.15, 0.2) is 67.1 Å². The maximum atomic E-state index is 13.3. The minimum absolute atomic E-state index is 0.0430. The van der Waals surface area contributed by atoms with Gasteiger partial charge in [0.2, 0.25) is 0 Å². The van der Waals surface area contributed by atoms with Crippen molar-refractivity contribution < 1.29 is 9.13 Å². The zero-order valence-electron chi connectivity index (χ0n) is 16.0. The Hall–Kier alpha value is -3.25. The lowest BCUT2D eigenvalue weighted by atomic mass is 10.1. The Labute approximate surface area is 168 Å². The van der Waals surface area contributed by atoms with E-state index in [9.17, 15) is 4.39 Å². The fourth-order valence-corrected chi connectivity index (χ4v) is 3.89. The van der Waals surface area contributed by atoms with Crippen LogP contribution in [0.25, 0.3) is 22.2 Å². The van der Waals surface area contributed by atoms with E-state index in [1.807, 2.05) is 18.2 Å². The molecule has 1 saturated heterocycles. The number of ether oxygens (including phenoxy) is 1. The molecular formula is C23H21FN4O. The number of halogens is 1. The summed E-state index contributed by atoms with van der Waals surface area (Å²) in [5, 5.41) is 4.25. The minimum atomic E-state index is -0.271. The van der Waals surface area contributed by atoms with Crippen LogP contribution in [-0.2, 0) is 4.74 Å². The van der Waals surface area contributed by atoms with Gasteiger partial charge in [0.15, 0.2) is 0 Å². The summed E-state index contributed by atoms with van der Waals surface area (Å²) < 4.78 is 21.5. The van der Waals surface area contributed by atoms with Crippen LogP contribution in [0.5, 0.6) is 0 Å². The molecule has 0 radical (unpaired) electrons. The van der Waals surface area contributed by atoms with E-state index in [1.165, 1.54) is 12.1 Å². The summed E-state index contributed by atoms with van der Waals surface area (Å²) in [6.45, 7) is 2.10. The molecule has 2 aromatic heterocycles. The molecular weight excluding hydrogens is 367 g/mol. The molecule has 0 spiro atoms. The molecule has 1 fully saturated rings. The van der Waals surface area contributed by atoms with E-state index in [0.717, 1.165) is 40.7 Å². The summed E-state index contributed by atoms with van der Waals surface area (Å²) in [5.74, 6) is 0.414. The van der Waals surface area contributed by atoms with Crippen LogP contribution in [-0.4, -0.2) is 20.6 Å². The fourth-order valence-electron chi connectivity index (χ4n) is 3.89. The molecule has 1 aliphatic rings. The number of nitrogens with zero attached hydrogens (tertiary/aromatic N) is 3. The molecule has 2 aromatic carbocycles. The molecule has 4 aromatic rings. The number of aromatic nitrogens is 3. The van der Waals surface area contributed by atoms with Gasteiger partial charge in [0.25, 0.3) is 0 Å². The van der Waals surface area contributed by atoms with Crippen molar-refractivity contribution in [3.05, 3.63) is 72.9 Å². The van der Waals surface area contributed by atoms with Gasteiger partial charge in [0, 0.05) is 17.4 Å². The zero-order chi connectivity index (χ0) is 19.8. The Bertz CT molecular complexity index is 1140. The average molecular weight is 388 g/mol. The standard InChI is InChI=1S/C23H21FN4O/c1-15-7-12-20(29-15)28-13-19(16-5-3-2-4-6-16)21-22(25-14-26-23(21)28)27-18-10-8-17(24)9-11-18/h2-6,8-11,13-15,20H,7,12H2,1H3,(H,25,26,27). The molecule has 6 heteroatoms. The van der Waals surface area contributed by atoms with Gasteiger partial charge in [-0.3, -0.25) is 0 Å². The van der Waals surface area contributed by atoms with Gasteiger partial charge in [-0.2, -0.15) is 0 Å². The third kappa shape index (κ3) is 3.36. The summed E-state index contributed by atoms with van der Waals surface area (Å²) in [4.78, 5) is 9.08. The second-order valence-electron chi connectivity index (χ2n) is 7.35. The van der Waals surface area contributed by atoms with Gasteiger partial charge in [0.1, 0.15) is 29.8 Å². The normalized spacial score (nSPS) is 19.0. The number of hydrogen-bond acceptors (Lipinski definition) is 4. The number of rotatable bonds is 4. The predicted molar refractivity (Wildman–Crippen MR) is 111 cm³/mol. The smallest absolute Gasteiger partial charge is 0.148 e. The van der Waals surface area contributed by atoms with E-state index in [-0.39, 0.29) is 18.1 Å². The highest BCUT2D eigenvalue weighted by Gasteiger charge is 2.27. The minimum Gasteiger partial charge on any atom is -0.355 e. The molecule has 29 heavy (non-hydrogen) atoms. The SMILES string of the molecule is CC1CCC(n2cc(-c3ccccc3)c3c(Nc4ccc(F)cc4)ncnc32)O1. The maximum Gasteiger partial charge on any atom is 0.148 e. The van der Waals surface area contributed by atoms with Crippen molar-refractivity contribution in [2.24, 2.45) is 0 Å². The van der Waals surface area contributed by atoms with Gasteiger partial charge in [-0.05, 0) is 49.6 Å². The number of anilines is 2. The van der Waals surface area contributed by atoms with Gasteiger partial charge in [0.05, 0.1) is 11.5 Å². The summed E-state index contributed by atoms with van der Waals surface area (Å²) in [6, 6.07) is 16.4. The van der Waals surface area contributed by atoms with Crippen LogP contribution in [0.1, 0.15) is 26.0 Å². The Morgan fingerprint density at radius 3 is 2.55 bits per heavy atom. The van der Waals surface area contributed by atoms with E-state index in [2.05, 4.69) is 45.1 Å². The van der Waals surface area contributed by atoms with E-state index in [0.29, 0.717) is 5.82 Å². The van der Waals surface area contributed by atoms with Crippen LogP contribution in [0.3, 0.4) is 0 Å². The molecule has 3 heterocycles. The first-order chi connectivity index (χ1) is 14.2. The van der Waals surface area contributed by atoms with Crippen molar-refractivity contribution in [1.82, 2.24) is 14.5 Å². The molecule has 5 rings (SSSR count). The Morgan fingerprint density at radius 1 is 1.03 bits per heavy atom. The molecule has 0 amide bonds. The van der Waals surface area contributed by atoms with Crippen molar-refractivity contribution in [1.29, 1.82) is 0 Å². The second-order valence-corrected chi connectivity index (χ2v) is 7.35. The summed E-state index contributed by atoms with van der Waals surface area (Å²) in [6.07, 6.45) is 5.82. The predicted octanol–water partition coefficient (Wildman–Crippen LogP) is 5.68. The lowest BCUT2D eigenvalue weighted by Gasteiger charge is -2.14. The molecule has 5 nitrogen and oxygen atoms in total. The fraction of sp³-hybridized carbons (Fsp3) is 0.217. The first kappa shape index (κ1) is 17.8. The molecule has 0 bridgehead atoms. The number of fused-ring (bicyclic) bond motifs is 1. The highest BCUT2D eigenvalue weighted by Crippen LogP contribution is 2.39. The van der Waals surface area contributed by atoms with Crippen molar-refractivity contribution in [3.8, 4) is 11.1 Å². The monoisotopic (exact) mass is 388 g/mol. The third-order valence-corrected chi connectivity index (χ3v) is 5.32. The third-order valence-electron chi connectivity index (χ3n) is 5.32. The Morgan fingerprint density at radius 2 is 1.83 bits per heavy atom. The Kier molecular flexibility index (Phi) is 4.48. The van der Waals surface area contributed by atoms with E-state index in [1.54, 1.807) is 18.5 Å². The lowest BCUT2D eigenvalue weighted by molar-refractivity contribution is 0.0135. The van der Waals surface area contributed by atoms with E-state index < -0.39 is 0 Å². The Balaban J connectivity index is 1.67. The maximum absolute atomic E-state index is 13.3. The quantitative estimate of drug-likeness (QED) is 0.489. The van der Waals surface area contributed by atoms with Crippen LogP contribution in [0.4, 0.5) is 15.9 Å². The molecule has 0 saturated carbocycles. The zero-order valence-corrected chi connectivity index (χ0v) is 16.0. The first-order valence-corrected chi connectivity index (χ1v) is 9.78. The molecule has 0 aliphatic carbocycles. The number of benzene rings is 2. The van der Waals surface area contributed by atoms with Gasteiger partial charge < -0.3 is 14.6 Å². The van der Waals surface area contributed by atoms with Crippen LogP contribution < -0.4 is 5.32 Å². The van der Waals surface area contributed by atoms with Gasteiger partial charge in [-0.25, -0.2) is 14.4 Å². The molecule has 146 valence electrons. The molecule has 1 aliphatic heterocycles. The van der Waals surface area contributed by atoms with Gasteiger partial charge in [-0.15, -0.1) is 0 Å². The average Bonchev–Trinajstić information content (AvgIpc) is 3.34. The van der Waals surface area contributed by atoms with Crippen molar-refractivity contribution in [3.63, 3.8) is 0 Å². The second kappa shape index (κ2) is 7.29. The largest absolute Gasteiger partial charge is 0.355 e. The summed E-state index contributed by atoms with van der Waals surface area (Å²) in [5.41, 5.74) is 3.71. The summed E-state index contributed by atoms with van der Waals surface area (Å²) >= 11 is 0. The topological polar surface area (TPSA) is 52.0 Å². The highest BCUT2D eigenvalue weighted by atomic mass is 19.1. The van der Waals surface area contributed by atoms with Gasteiger partial charge >= 0.3 is 0 Å². The van der Waals surface area contributed by atoms with Crippen molar-refractivity contribution >= 4 is 22.5 Å².